The van der Waals surface area contributed by atoms with Crippen LogP contribution in [0.3, 0.4) is 0 Å². The predicted molar refractivity (Wildman–Crippen MR) is 100 cm³/mol. The van der Waals surface area contributed by atoms with Crippen molar-refractivity contribution in [3.8, 4) is 5.75 Å². The van der Waals surface area contributed by atoms with Crippen LogP contribution >= 0.6 is 21.6 Å². The van der Waals surface area contributed by atoms with Gasteiger partial charge in [0, 0.05) is 29.2 Å². The number of carbonyl (C=O) groups excluding carboxylic acids is 1. The van der Waals surface area contributed by atoms with Gasteiger partial charge in [0.15, 0.2) is 12.4 Å². The number of hydrogen-bond donors (Lipinski definition) is 0. The first-order valence-electron chi connectivity index (χ1n) is 7.65. The highest BCUT2D eigenvalue weighted by Gasteiger charge is 2.23. The van der Waals surface area contributed by atoms with E-state index in [0.717, 1.165) is 4.90 Å². The molecule has 0 fully saturated rings. The molecular weight excluding hydrogens is 376 g/mol. The fourth-order valence-corrected chi connectivity index (χ4v) is 3.83. The van der Waals surface area contributed by atoms with Gasteiger partial charge in [0.2, 0.25) is 0 Å². The lowest BCUT2D eigenvalue weighted by Crippen LogP contribution is -2.26. The molecule has 0 atom stereocenters. The van der Waals surface area contributed by atoms with Crippen LogP contribution in [-0.2, 0) is 11.8 Å². The number of aryl methyl sites for hydroxylation is 1. The number of rotatable bonds is 7. The lowest BCUT2D eigenvalue weighted by atomic mass is 10.2. The first-order valence-corrected chi connectivity index (χ1v) is 9.80. The third-order valence-electron chi connectivity index (χ3n) is 3.10. The molecule has 0 bridgehead atoms. The first kappa shape index (κ1) is 20.1. The van der Waals surface area contributed by atoms with Gasteiger partial charge in [-0.25, -0.2) is 9.36 Å². The minimum Gasteiger partial charge on any atom is -0.432 e. The van der Waals surface area contributed by atoms with Crippen LogP contribution in [0, 0.1) is 10.1 Å². The van der Waals surface area contributed by atoms with Crippen molar-refractivity contribution < 1.29 is 23.8 Å². The van der Waals surface area contributed by atoms with Crippen molar-refractivity contribution >= 4 is 33.4 Å². The van der Waals surface area contributed by atoms with Gasteiger partial charge in [-0.3, -0.25) is 10.1 Å². The molecule has 0 aliphatic heterocycles. The zero-order valence-corrected chi connectivity index (χ0v) is 16.2. The van der Waals surface area contributed by atoms with E-state index in [1.807, 2.05) is 50.0 Å². The molecule has 1 heterocycles. The zero-order valence-electron chi connectivity index (χ0n) is 14.6. The highest BCUT2D eigenvalue weighted by atomic mass is 33.1. The van der Waals surface area contributed by atoms with Crippen molar-refractivity contribution in [2.24, 2.45) is 7.05 Å². The number of nitro benzene ring substituents is 1. The van der Waals surface area contributed by atoms with Crippen LogP contribution in [0.25, 0.3) is 0 Å². The van der Waals surface area contributed by atoms with Gasteiger partial charge in [-0.05, 0) is 26.0 Å². The molecule has 2 aromatic rings. The summed E-state index contributed by atoms with van der Waals surface area (Å²) in [5.74, 6) is 0.192. The van der Waals surface area contributed by atoms with Gasteiger partial charge < -0.3 is 9.47 Å². The first-order chi connectivity index (χ1) is 12.2. The quantitative estimate of drug-likeness (QED) is 0.174. The number of ether oxygens (including phenoxy) is 2. The molecule has 9 heteroatoms. The summed E-state index contributed by atoms with van der Waals surface area (Å²) in [7, 11) is 5.15. The standard InChI is InChI=1S/C17H19N2O5S2/c1-17(2,26-25-15-8-10-18(3)11-9-15)12-23-16(20)24-14-6-4-13(5-7-14)19(21)22/h4-11H,12H2,1-3H3/q+1. The van der Waals surface area contributed by atoms with E-state index in [-0.39, 0.29) is 22.8 Å². The molecule has 0 saturated heterocycles. The second kappa shape index (κ2) is 8.91. The molecular formula is C17H19N2O5S2+. The highest BCUT2D eigenvalue weighted by molar-refractivity contribution is 8.77. The fourth-order valence-electron chi connectivity index (χ4n) is 1.72. The van der Waals surface area contributed by atoms with Gasteiger partial charge in [0.05, 0.1) is 9.67 Å². The van der Waals surface area contributed by atoms with Crippen molar-refractivity contribution in [3.05, 3.63) is 58.9 Å². The van der Waals surface area contributed by atoms with E-state index in [4.69, 9.17) is 9.47 Å². The molecule has 7 nitrogen and oxygen atoms in total. The van der Waals surface area contributed by atoms with E-state index in [1.54, 1.807) is 21.6 Å². The average molecular weight is 395 g/mol. The van der Waals surface area contributed by atoms with Gasteiger partial charge in [0.1, 0.15) is 19.4 Å². The van der Waals surface area contributed by atoms with Gasteiger partial charge in [-0.15, -0.1) is 0 Å². The minimum absolute atomic E-state index is 0.0743. The molecule has 0 unspecified atom stereocenters. The number of benzene rings is 1. The maximum absolute atomic E-state index is 11.8. The fraction of sp³-hybridized carbons (Fsp3) is 0.294. The number of pyridine rings is 1. The maximum atomic E-state index is 11.8. The van der Waals surface area contributed by atoms with E-state index in [2.05, 4.69) is 0 Å². The van der Waals surface area contributed by atoms with Crippen molar-refractivity contribution in [1.82, 2.24) is 0 Å². The van der Waals surface area contributed by atoms with Gasteiger partial charge in [-0.2, -0.15) is 0 Å². The molecule has 2 rings (SSSR count). The van der Waals surface area contributed by atoms with Crippen molar-refractivity contribution in [3.63, 3.8) is 0 Å². The molecule has 1 aromatic carbocycles. The van der Waals surface area contributed by atoms with E-state index in [1.165, 1.54) is 24.3 Å². The Labute approximate surface area is 159 Å². The Morgan fingerprint density at radius 2 is 1.81 bits per heavy atom. The SMILES string of the molecule is C[n+]1ccc(SSC(C)(C)COC(=O)Oc2ccc([N+](=O)[O-])cc2)cc1. The second-order valence-corrected chi connectivity index (χ2v) is 8.93. The number of nitro groups is 1. The third-order valence-corrected chi connectivity index (χ3v) is 6.40. The zero-order chi connectivity index (χ0) is 19.2. The molecule has 26 heavy (non-hydrogen) atoms. The summed E-state index contributed by atoms with van der Waals surface area (Å²) in [6.45, 7) is 4.09. The molecule has 0 aliphatic rings. The summed E-state index contributed by atoms with van der Waals surface area (Å²) in [4.78, 5) is 23.0. The van der Waals surface area contributed by atoms with Crippen LogP contribution in [0.2, 0.25) is 0 Å². The largest absolute Gasteiger partial charge is 0.513 e. The van der Waals surface area contributed by atoms with Crippen LogP contribution in [-0.4, -0.2) is 22.4 Å². The van der Waals surface area contributed by atoms with Crippen molar-refractivity contribution in [1.29, 1.82) is 0 Å². The van der Waals surface area contributed by atoms with Gasteiger partial charge in [0.25, 0.3) is 5.69 Å². The minimum atomic E-state index is -0.843. The third kappa shape index (κ3) is 6.57. The molecule has 138 valence electrons. The van der Waals surface area contributed by atoms with E-state index in [0.29, 0.717) is 0 Å². The number of non-ortho nitro benzene ring substituents is 1. The molecule has 1 aromatic heterocycles. The van der Waals surface area contributed by atoms with Crippen molar-refractivity contribution in [2.75, 3.05) is 6.61 Å². The molecule has 0 radical (unpaired) electrons. The molecule has 0 saturated carbocycles. The van der Waals surface area contributed by atoms with E-state index in [9.17, 15) is 14.9 Å². The summed E-state index contributed by atoms with van der Waals surface area (Å²) in [6.07, 6.45) is 3.09. The maximum Gasteiger partial charge on any atom is 0.513 e. The van der Waals surface area contributed by atoms with Crippen LogP contribution in [0.1, 0.15) is 13.8 Å². The van der Waals surface area contributed by atoms with E-state index < -0.39 is 11.1 Å². The Morgan fingerprint density at radius 3 is 2.38 bits per heavy atom. The molecule has 0 spiro atoms. The van der Waals surface area contributed by atoms with Crippen LogP contribution < -0.4 is 9.30 Å². The Hall–Kier alpha value is -2.26. The lowest BCUT2D eigenvalue weighted by Gasteiger charge is -2.22. The summed E-state index contributed by atoms with van der Waals surface area (Å²) in [6, 6.07) is 9.25. The molecule has 0 N–H and O–H groups in total. The number of hydrogen-bond acceptors (Lipinski definition) is 7. The summed E-state index contributed by atoms with van der Waals surface area (Å²) >= 11 is 0. The number of nitrogens with zero attached hydrogens (tertiary/aromatic N) is 2. The molecule has 0 amide bonds. The summed E-state index contributed by atoms with van der Waals surface area (Å²) < 4.78 is 11.8. The summed E-state index contributed by atoms with van der Waals surface area (Å²) in [5, 5.41) is 10.6. The Balaban J connectivity index is 1.79. The monoisotopic (exact) mass is 395 g/mol. The smallest absolute Gasteiger partial charge is 0.432 e. The number of aromatic nitrogens is 1. The predicted octanol–water partition coefficient (Wildman–Crippen LogP) is 4.15. The topological polar surface area (TPSA) is 82.5 Å². The Morgan fingerprint density at radius 1 is 1.19 bits per heavy atom. The lowest BCUT2D eigenvalue weighted by molar-refractivity contribution is -0.671. The Kier molecular flexibility index (Phi) is 6.87. The van der Waals surface area contributed by atoms with Crippen LogP contribution in [0.4, 0.5) is 10.5 Å². The number of carbonyl (C=O) groups is 1. The molecule has 0 aliphatic carbocycles. The van der Waals surface area contributed by atoms with Gasteiger partial charge in [-0.1, -0.05) is 21.6 Å². The normalized spacial score (nSPS) is 11.0. The van der Waals surface area contributed by atoms with E-state index >= 15 is 0 Å². The Bertz CT molecular complexity index is 764. The van der Waals surface area contributed by atoms with Crippen LogP contribution in [0.5, 0.6) is 5.75 Å². The van der Waals surface area contributed by atoms with Gasteiger partial charge >= 0.3 is 6.16 Å². The highest BCUT2D eigenvalue weighted by Crippen LogP contribution is 2.40. The van der Waals surface area contributed by atoms with Crippen molar-refractivity contribution in [2.45, 2.75) is 23.5 Å². The summed E-state index contributed by atoms with van der Waals surface area (Å²) in [5.41, 5.74) is -0.0743. The van der Waals surface area contributed by atoms with Crippen LogP contribution in [0.15, 0.2) is 53.7 Å². The average Bonchev–Trinajstić information content (AvgIpc) is 2.60. The second-order valence-electron chi connectivity index (χ2n) is 6.02.